The van der Waals surface area contributed by atoms with Gasteiger partial charge in [-0.1, -0.05) is 19.9 Å². The van der Waals surface area contributed by atoms with Gasteiger partial charge in [-0.3, -0.25) is 9.69 Å². The third-order valence-electron chi connectivity index (χ3n) is 3.34. The molecule has 1 amide bonds. The summed E-state index contributed by atoms with van der Waals surface area (Å²) in [5.41, 5.74) is 7.51. The zero-order valence-corrected chi connectivity index (χ0v) is 11.5. The molecular weight excluding hydrogens is 248 g/mol. The largest absolute Gasteiger partial charge is 0.376 e. The van der Waals surface area contributed by atoms with Crippen LogP contribution in [0, 0.1) is 0 Å². The van der Waals surface area contributed by atoms with Crippen LogP contribution in [-0.4, -0.2) is 30.0 Å². The van der Waals surface area contributed by atoms with Gasteiger partial charge in [-0.15, -0.1) is 11.8 Å². The van der Waals surface area contributed by atoms with E-state index in [4.69, 9.17) is 5.73 Å². The first kappa shape index (κ1) is 13.4. The average molecular weight is 266 g/mol. The molecular formula is C13H18N2O2S. The molecule has 0 fully saturated rings. The Labute approximate surface area is 111 Å². The van der Waals surface area contributed by atoms with E-state index in [0.717, 1.165) is 16.1 Å². The number of fused-ring (bicyclic) bond motifs is 1. The van der Waals surface area contributed by atoms with Gasteiger partial charge in [0.1, 0.15) is 6.73 Å². The number of thioether (sulfide) groups is 1. The van der Waals surface area contributed by atoms with Gasteiger partial charge in [-0.2, -0.15) is 0 Å². The minimum Gasteiger partial charge on any atom is -0.376 e. The topological polar surface area (TPSA) is 66.6 Å². The first-order chi connectivity index (χ1) is 8.49. The van der Waals surface area contributed by atoms with Crippen molar-refractivity contribution in [2.45, 2.75) is 24.2 Å². The van der Waals surface area contributed by atoms with Crippen molar-refractivity contribution in [1.29, 1.82) is 0 Å². The van der Waals surface area contributed by atoms with E-state index in [1.165, 1.54) is 16.7 Å². The molecule has 0 bridgehead atoms. The molecule has 1 aromatic rings. The van der Waals surface area contributed by atoms with Crippen LogP contribution in [0.5, 0.6) is 0 Å². The highest BCUT2D eigenvalue weighted by atomic mass is 32.2. The molecule has 4 nitrogen and oxygen atoms in total. The molecule has 0 aliphatic carbocycles. The van der Waals surface area contributed by atoms with Crippen LogP contribution in [0.4, 0.5) is 5.69 Å². The van der Waals surface area contributed by atoms with Crippen LogP contribution in [0.15, 0.2) is 23.1 Å². The van der Waals surface area contributed by atoms with Crippen LogP contribution < -0.4 is 10.6 Å². The van der Waals surface area contributed by atoms with Gasteiger partial charge in [0.25, 0.3) is 0 Å². The van der Waals surface area contributed by atoms with E-state index in [9.17, 15) is 9.90 Å². The van der Waals surface area contributed by atoms with E-state index in [1.54, 1.807) is 0 Å². The summed E-state index contributed by atoms with van der Waals surface area (Å²) in [7, 11) is 0. The zero-order chi connectivity index (χ0) is 13.3. The van der Waals surface area contributed by atoms with Crippen molar-refractivity contribution in [2.75, 3.05) is 23.9 Å². The SMILES string of the molecule is CC(C)(CN)c1ccc2c(c1)N(CO)C(=O)CS2. The summed E-state index contributed by atoms with van der Waals surface area (Å²) < 4.78 is 0. The van der Waals surface area contributed by atoms with Crippen LogP contribution >= 0.6 is 11.8 Å². The molecule has 0 unspecified atom stereocenters. The standard InChI is InChI=1S/C13H18N2O2S/c1-13(2,7-14)9-3-4-11-10(5-9)15(8-16)12(17)6-18-11/h3-5,16H,6-8,14H2,1-2H3. The van der Waals surface area contributed by atoms with Crippen LogP contribution in [-0.2, 0) is 10.2 Å². The van der Waals surface area contributed by atoms with Crippen molar-refractivity contribution in [3.8, 4) is 0 Å². The summed E-state index contributed by atoms with van der Waals surface area (Å²) in [4.78, 5) is 14.2. The molecule has 1 heterocycles. The number of anilines is 1. The van der Waals surface area contributed by atoms with Gasteiger partial charge in [-0.05, 0) is 17.7 Å². The summed E-state index contributed by atoms with van der Waals surface area (Å²) >= 11 is 1.51. The molecule has 0 atom stereocenters. The van der Waals surface area contributed by atoms with Gasteiger partial charge in [-0.25, -0.2) is 0 Å². The number of hydrogen-bond acceptors (Lipinski definition) is 4. The maximum atomic E-state index is 11.7. The third-order valence-corrected chi connectivity index (χ3v) is 4.38. The Morgan fingerprint density at radius 3 is 2.83 bits per heavy atom. The summed E-state index contributed by atoms with van der Waals surface area (Å²) in [5, 5.41) is 9.33. The van der Waals surface area contributed by atoms with Crippen LogP contribution in [0.3, 0.4) is 0 Å². The van der Waals surface area contributed by atoms with Gasteiger partial charge in [0.15, 0.2) is 0 Å². The predicted octanol–water partition coefficient (Wildman–Crippen LogP) is 1.31. The third kappa shape index (κ3) is 2.25. The number of carbonyl (C=O) groups is 1. The molecule has 18 heavy (non-hydrogen) atoms. The van der Waals surface area contributed by atoms with Crippen LogP contribution in [0.25, 0.3) is 0 Å². The Morgan fingerprint density at radius 1 is 1.50 bits per heavy atom. The van der Waals surface area contributed by atoms with Crippen LogP contribution in [0.1, 0.15) is 19.4 Å². The normalized spacial score (nSPS) is 15.8. The molecule has 0 radical (unpaired) electrons. The molecule has 0 saturated heterocycles. The zero-order valence-electron chi connectivity index (χ0n) is 10.6. The van der Waals surface area contributed by atoms with Crippen molar-refractivity contribution in [2.24, 2.45) is 5.73 Å². The van der Waals surface area contributed by atoms with Crippen LogP contribution in [0.2, 0.25) is 0 Å². The van der Waals surface area contributed by atoms with E-state index in [-0.39, 0.29) is 18.1 Å². The number of nitrogens with zero attached hydrogens (tertiary/aromatic N) is 1. The van der Waals surface area contributed by atoms with Gasteiger partial charge < -0.3 is 10.8 Å². The summed E-state index contributed by atoms with van der Waals surface area (Å²) in [6, 6.07) is 6.01. The van der Waals surface area contributed by atoms with Crippen molar-refractivity contribution in [1.82, 2.24) is 0 Å². The van der Waals surface area contributed by atoms with Gasteiger partial charge in [0.05, 0.1) is 11.4 Å². The van der Waals surface area contributed by atoms with Crippen molar-refractivity contribution >= 4 is 23.4 Å². The lowest BCUT2D eigenvalue weighted by Crippen LogP contribution is -2.36. The maximum Gasteiger partial charge on any atom is 0.239 e. The first-order valence-corrected chi connectivity index (χ1v) is 6.87. The summed E-state index contributed by atoms with van der Waals surface area (Å²) in [5.74, 6) is 0.324. The predicted molar refractivity (Wildman–Crippen MR) is 73.8 cm³/mol. The minimum atomic E-state index is -0.279. The van der Waals surface area contributed by atoms with Gasteiger partial charge in [0, 0.05) is 16.9 Å². The molecule has 0 aromatic heterocycles. The summed E-state index contributed by atoms with van der Waals surface area (Å²) in [6.07, 6.45) is 0. The highest BCUT2D eigenvalue weighted by Gasteiger charge is 2.27. The lowest BCUT2D eigenvalue weighted by molar-refractivity contribution is -0.117. The highest BCUT2D eigenvalue weighted by Crippen LogP contribution is 2.37. The molecule has 1 aliphatic rings. The van der Waals surface area contributed by atoms with Crippen molar-refractivity contribution < 1.29 is 9.90 Å². The van der Waals surface area contributed by atoms with Crippen molar-refractivity contribution in [3.63, 3.8) is 0 Å². The quantitative estimate of drug-likeness (QED) is 0.865. The molecule has 5 heteroatoms. The second-order valence-electron chi connectivity index (χ2n) is 5.02. The number of hydrogen-bond donors (Lipinski definition) is 2. The highest BCUT2D eigenvalue weighted by molar-refractivity contribution is 8.00. The number of amides is 1. The average Bonchev–Trinajstić information content (AvgIpc) is 2.38. The van der Waals surface area contributed by atoms with Gasteiger partial charge >= 0.3 is 0 Å². The molecule has 0 saturated carbocycles. The maximum absolute atomic E-state index is 11.7. The Balaban J connectivity index is 2.47. The Bertz CT molecular complexity index is 474. The van der Waals surface area contributed by atoms with E-state index in [1.807, 2.05) is 18.2 Å². The van der Waals surface area contributed by atoms with Gasteiger partial charge in [0.2, 0.25) is 5.91 Å². The second-order valence-corrected chi connectivity index (χ2v) is 6.04. The number of rotatable bonds is 3. The Hall–Kier alpha value is -1.04. The van der Waals surface area contributed by atoms with E-state index < -0.39 is 0 Å². The van der Waals surface area contributed by atoms with E-state index in [0.29, 0.717) is 12.3 Å². The second kappa shape index (κ2) is 4.91. The number of benzene rings is 1. The molecule has 3 N–H and O–H groups in total. The molecule has 0 spiro atoms. The monoisotopic (exact) mass is 266 g/mol. The lowest BCUT2D eigenvalue weighted by Gasteiger charge is -2.30. The molecule has 1 aromatic carbocycles. The Kier molecular flexibility index (Phi) is 3.66. The molecule has 1 aliphatic heterocycles. The van der Waals surface area contributed by atoms with E-state index in [2.05, 4.69) is 13.8 Å². The molecule has 98 valence electrons. The fourth-order valence-corrected chi connectivity index (χ4v) is 2.81. The number of aliphatic hydroxyl groups excluding tert-OH is 1. The van der Waals surface area contributed by atoms with Crippen molar-refractivity contribution in [3.05, 3.63) is 23.8 Å². The lowest BCUT2D eigenvalue weighted by atomic mass is 9.84. The number of aliphatic hydroxyl groups is 1. The number of carbonyl (C=O) groups excluding carboxylic acids is 1. The summed E-state index contributed by atoms with van der Waals surface area (Å²) in [6.45, 7) is 4.39. The fourth-order valence-electron chi connectivity index (χ4n) is 1.90. The van der Waals surface area contributed by atoms with E-state index >= 15 is 0 Å². The number of nitrogens with two attached hydrogens (primary N) is 1. The first-order valence-electron chi connectivity index (χ1n) is 5.88. The minimum absolute atomic E-state index is 0.0577. The Morgan fingerprint density at radius 2 is 2.22 bits per heavy atom. The molecule has 2 rings (SSSR count). The smallest absolute Gasteiger partial charge is 0.239 e. The fraction of sp³-hybridized carbons (Fsp3) is 0.462.